The highest BCUT2D eigenvalue weighted by molar-refractivity contribution is 6.30. The van der Waals surface area contributed by atoms with E-state index >= 15 is 0 Å². The van der Waals surface area contributed by atoms with Crippen molar-refractivity contribution in [3.05, 3.63) is 28.8 Å². The number of urea groups is 1. The van der Waals surface area contributed by atoms with Crippen LogP contribution in [0, 0.1) is 24.7 Å². The standard InChI is InChI=1S/C20H28ClN3O3/c1-13-7-16(19(25)26)12-24(10-13)20(27)22-9-15-5-6-23(11-15)18-8-17(21)4-3-14(18)2/h3-4,8,13,15-16H,5-7,9-12H2,1-2H3,(H,22,27)(H,25,26). The summed E-state index contributed by atoms with van der Waals surface area (Å²) in [7, 11) is 0. The van der Waals surface area contributed by atoms with Crippen LogP contribution in [0.15, 0.2) is 18.2 Å². The van der Waals surface area contributed by atoms with E-state index in [-0.39, 0.29) is 11.9 Å². The molecule has 3 atom stereocenters. The van der Waals surface area contributed by atoms with Gasteiger partial charge in [-0.15, -0.1) is 0 Å². The number of anilines is 1. The van der Waals surface area contributed by atoms with E-state index in [4.69, 9.17) is 11.6 Å². The second-order valence-corrected chi connectivity index (χ2v) is 8.44. The molecule has 2 aliphatic heterocycles. The van der Waals surface area contributed by atoms with Crippen molar-refractivity contribution in [3.63, 3.8) is 0 Å². The van der Waals surface area contributed by atoms with Crippen molar-refractivity contribution in [3.8, 4) is 0 Å². The van der Waals surface area contributed by atoms with Gasteiger partial charge in [-0.1, -0.05) is 24.6 Å². The molecule has 0 bridgehead atoms. The van der Waals surface area contributed by atoms with Crippen LogP contribution in [-0.2, 0) is 4.79 Å². The lowest BCUT2D eigenvalue weighted by Gasteiger charge is -2.34. The molecule has 2 N–H and O–H groups in total. The van der Waals surface area contributed by atoms with Crippen molar-refractivity contribution >= 4 is 29.3 Å². The number of nitrogens with zero attached hydrogens (tertiary/aromatic N) is 2. The van der Waals surface area contributed by atoms with Crippen LogP contribution in [0.25, 0.3) is 0 Å². The van der Waals surface area contributed by atoms with Gasteiger partial charge in [-0.25, -0.2) is 4.79 Å². The molecule has 2 saturated heterocycles. The summed E-state index contributed by atoms with van der Waals surface area (Å²) >= 11 is 6.14. The first-order chi connectivity index (χ1) is 12.8. The fourth-order valence-electron chi connectivity index (χ4n) is 4.18. The van der Waals surface area contributed by atoms with Gasteiger partial charge in [0, 0.05) is 43.4 Å². The second-order valence-electron chi connectivity index (χ2n) is 8.00. The Morgan fingerprint density at radius 3 is 2.81 bits per heavy atom. The number of carbonyl (C=O) groups excluding carboxylic acids is 1. The maximum absolute atomic E-state index is 12.5. The molecule has 0 spiro atoms. The summed E-state index contributed by atoms with van der Waals surface area (Å²) < 4.78 is 0. The normalized spacial score (nSPS) is 25.5. The van der Waals surface area contributed by atoms with Gasteiger partial charge in [0.1, 0.15) is 0 Å². The summed E-state index contributed by atoms with van der Waals surface area (Å²) in [6.45, 7) is 7.43. The van der Waals surface area contributed by atoms with E-state index in [0.29, 0.717) is 32.0 Å². The van der Waals surface area contributed by atoms with Gasteiger partial charge in [0.25, 0.3) is 0 Å². The van der Waals surface area contributed by atoms with E-state index in [1.54, 1.807) is 4.90 Å². The number of hydrogen-bond donors (Lipinski definition) is 2. The molecule has 27 heavy (non-hydrogen) atoms. The van der Waals surface area contributed by atoms with Crippen LogP contribution < -0.4 is 10.2 Å². The molecule has 0 saturated carbocycles. The number of aryl methyl sites for hydroxylation is 1. The van der Waals surface area contributed by atoms with Gasteiger partial charge in [-0.05, 0) is 49.3 Å². The van der Waals surface area contributed by atoms with Crippen molar-refractivity contribution in [1.82, 2.24) is 10.2 Å². The lowest BCUT2D eigenvalue weighted by atomic mass is 9.91. The second kappa shape index (κ2) is 8.38. The average Bonchev–Trinajstić information content (AvgIpc) is 3.10. The summed E-state index contributed by atoms with van der Waals surface area (Å²) in [6, 6.07) is 5.78. The zero-order valence-electron chi connectivity index (χ0n) is 15.9. The van der Waals surface area contributed by atoms with Gasteiger partial charge in [-0.3, -0.25) is 4.79 Å². The first-order valence-corrected chi connectivity index (χ1v) is 9.98. The minimum absolute atomic E-state index is 0.148. The fourth-order valence-corrected chi connectivity index (χ4v) is 4.35. The van der Waals surface area contributed by atoms with Crippen molar-refractivity contribution in [2.45, 2.75) is 26.7 Å². The Morgan fingerprint density at radius 2 is 2.07 bits per heavy atom. The Morgan fingerprint density at radius 1 is 1.30 bits per heavy atom. The molecular formula is C20H28ClN3O3. The third-order valence-corrected chi connectivity index (χ3v) is 5.87. The highest BCUT2D eigenvalue weighted by Crippen LogP contribution is 2.29. The smallest absolute Gasteiger partial charge is 0.317 e. The molecule has 7 heteroatoms. The van der Waals surface area contributed by atoms with Crippen LogP contribution in [0.4, 0.5) is 10.5 Å². The molecule has 2 fully saturated rings. The molecule has 1 aromatic carbocycles. The number of halogens is 1. The molecule has 3 rings (SSSR count). The highest BCUT2D eigenvalue weighted by atomic mass is 35.5. The fraction of sp³-hybridized carbons (Fsp3) is 0.600. The number of carboxylic acids is 1. The summed E-state index contributed by atoms with van der Waals surface area (Å²) in [5.41, 5.74) is 2.36. The number of piperidine rings is 1. The molecule has 0 radical (unpaired) electrons. The summed E-state index contributed by atoms with van der Waals surface area (Å²) in [5.74, 6) is -0.696. The summed E-state index contributed by atoms with van der Waals surface area (Å²) in [6.07, 6.45) is 1.65. The average molecular weight is 394 g/mol. The minimum Gasteiger partial charge on any atom is -0.481 e. The van der Waals surface area contributed by atoms with Gasteiger partial charge >= 0.3 is 12.0 Å². The van der Waals surface area contributed by atoms with Gasteiger partial charge in [0.05, 0.1) is 5.92 Å². The number of rotatable bonds is 4. The van der Waals surface area contributed by atoms with E-state index in [0.717, 1.165) is 30.2 Å². The van der Waals surface area contributed by atoms with E-state index in [1.807, 2.05) is 25.1 Å². The number of nitrogens with one attached hydrogen (secondary N) is 1. The van der Waals surface area contributed by atoms with Crippen molar-refractivity contribution in [2.75, 3.05) is 37.6 Å². The van der Waals surface area contributed by atoms with E-state index < -0.39 is 11.9 Å². The van der Waals surface area contributed by atoms with E-state index in [1.165, 1.54) is 5.56 Å². The van der Waals surface area contributed by atoms with Crippen LogP contribution in [0.3, 0.4) is 0 Å². The largest absolute Gasteiger partial charge is 0.481 e. The molecule has 2 aliphatic rings. The quantitative estimate of drug-likeness (QED) is 0.823. The Hall–Kier alpha value is -1.95. The van der Waals surface area contributed by atoms with Gasteiger partial charge in [0.15, 0.2) is 0 Å². The Balaban J connectivity index is 1.51. The van der Waals surface area contributed by atoms with Crippen molar-refractivity contribution < 1.29 is 14.7 Å². The molecule has 1 aromatic rings. The zero-order valence-corrected chi connectivity index (χ0v) is 16.7. The number of carbonyl (C=O) groups is 2. The number of benzene rings is 1. The maximum Gasteiger partial charge on any atom is 0.317 e. The summed E-state index contributed by atoms with van der Waals surface area (Å²) in [5, 5.41) is 13.0. The Kier molecular flexibility index (Phi) is 6.15. The SMILES string of the molecule is Cc1ccc(Cl)cc1N1CCC(CNC(=O)N2CC(C)CC(C(=O)O)C2)C1. The first kappa shape index (κ1) is 19.8. The van der Waals surface area contributed by atoms with Crippen LogP contribution in [0.2, 0.25) is 5.02 Å². The molecule has 0 aromatic heterocycles. The molecule has 6 nitrogen and oxygen atoms in total. The topological polar surface area (TPSA) is 72.9 Å². The van der Waals surface area contributed by atoms with E-state index in [9.17, 15) is 14.7 Å². The summed E-state index contributed by atoms with van der Waals surface area (Å²) in [4.78, 5) is 27.8. The van der Waals surface area contributed by atoms with Gasteiger partial charge in [0.2, 0.25) is 0 Å². The lowest BCUT2D eigenvalue weighted by Crippen LogP contribution is -2.50. The van der Waals surface area contributed by atoms with E-state index in [2.05, 4.69) is 17.1 Å². The number of amides is 2. The molecule has 2 amide bonds. The predicted octanol–water partition coefficient (Wildman–Crippen LogP) is 3.23. The number of likely N-dealkylation sites (tertiary alicyclic amines) is 1. The van der Waals surface area contributed by atoms with Crippen LogP contribution in [-0.4, -0.2) is 54.7 Å². The van der Waals surface area contributed by atoms with Crippen LogP contribution >= 0.6 is 11.6 Å². The number of hydrogen-bond acceptors (Lipinski definition) is 3. The molecule has 2 heterocycles. The molecule has 3 unspecified atom stereocenters. The lowest BCUT2D eigenvalue weighted by molar-refractivity contribution is -0.143. The van der Waals surface area contributed by atoms with Crippen molar-refractivity contribution in [1.29, 1.82) is 0 Å². The predicted molar refractivity (Wildman–Crippen MR) is 106 cm³/mol. The maximum atomic E-state index is 12.5. The Labute approximate surface area is 165 Å². The molecular weight excluding hydrogens is 366 g/mol. The van der Waals surface area contributed by atoms with Gasteiger partial charge in [-0.2, -0.15) is 0 Å². The van der Waals surface area contributed by atoms with Crippen LogP contribution in [0.1, 0.15) is 25.3 Å². The number of aliphatic carboxylic acids is 1. The van der Waals surface area contributed by atoms with Gasteiger partial charge < -0.3 is 20.2 Å². The zero-order chi connectivity index (χ0) is 19.6. The monoisotopic (exact) mass is 393 g/mol. The Bertz CT molecular complexity index is 712. The third kappa shape index (κ3) is 4.86. The third-order valence-electron chi connectivity index (χ3n) is 5.64. The molecule has 148 valence electrons. The van der Waals surface area contributed by atoms with Crippen LogP contribution in [0.5, 0.6) is 0 Å². The minimum atomic E-state index is -0.817. The number of carboxylic acid groups (broad SMARTS) is 1. The first-order valence-electron chi connectivity index (χ1n) is 9.60. The highest BCUT2D eigenvalue weighted by Gasteiger charge is 2.32. The molecule has 0 aliphatic carbocycles. The van der Waals surface area contributed by atoms with Crippen molar-refractivity contribution in [2.24, 2.45) is 17.8 Å².